The van der Waals surface area contributed by atoms with Crippen molar-refractivity contribution in [3.8, 4) is 0 Å². The van der Waals surface area contributed by atoms with E-state index in [4.69, 9.17) is 11.6 Å². The van der Waals surface area contributed by atoms with Crippen LogP contribution in [-0.4, -0.2) is 16.5 Å². The summed E-state index contributed by atoms with van der Waals surface area (Å²) in [5.74, 6) is 1.34. The number of hydrogen-bond acceptors (Lipinski definition) is 4. The quantitative estimate of drug-likeness (QED) is 0.866. The molecule has 0 spiro atoms. The van der Waals surface area contributed by atoms with E-state index in [9.17, 15) is 0 Å². The number of nitrogens with zero attached hydrogens (tertiary/aromatic N) is 2. The van der Waals surface area contributed by atoms with Crippen molar-refractivity contribution in [2.24, 2.45) is 0 Å². The summed E-state index contributed by atoms with van der Waals surface area (Å²) < 4.78 is 0.956. The molecule has 0 unspecified atom stereocenters. The minimum Gasteiger partial charge on any atom is -0.354 e. The van der Waals surface area contributed by atoms with Gasteiger partial charge < -0.3 is 10.6 Å². The zero-order valence-electron chi connectivity index (χ0n) is 10.7. The highest BCUT2D eigenvalue weighted by Gasteiger charge is 2.07. The minimum atomic E-state index is 0.599. The van der Waals surface area contributed by atoms with Gasteiger partial charge in [0.25, 0.3) is 0 Å². The molecule has 100 valence electrons. The summed E-state index contributed by atoms with van der Waals surface area (Å²) in [6, 6.07) is 5.64. The van der Waals surface area contributed by atoms with Crippen LogP contribution in [0.5, 0.6) is 0 Å². The van der Waals surface area contributed by atoms with Gasteiger partial charge >= 0.3 is 0 Å². The lowest BCUT2D eigenvalue weighted by atomic mass is 10.3. The van der Waals surface area contributed by atoms with Crippen LogP contribution < -0.4 is 10.6 Å². The fraction of sp³-hybridized carbons (Fsp3) is 0.231. The van der Waals surface area contributed by atoms with E-state index in [1.54, 1.807) is 6.20 Å². The molecular weight excluding hydrogens is 328 g/mol. The number of nitrogens with one attached hydrogen (secondary N) is 2. The van der Waals surface area contributed by atoms with Gasteiger partial charge in [-0.25, -0.2) is 4.98 Å². The van der Waals surface area contributed by atoms with Gasteiger partial charge in [-0.1, -0.05) is 27.5 Å². The molecule has 19 heavy (non-hydrogen) atoms. The lowest BCUT2D eigenvalue weighted by molar-refractivity contribution is 1.07. The fourth-order valence-corrected chi connectivity index (χ4v) is 2.06. The first-order chi connectivity index (χ1) is 9.10. The molecule has 0 bridgehead atoms. The first-order valence-corrected chi connectivity index (χ1v) is 7.07. The van der Waals surface area contributed by atoms with Crippen molar-refractivity contribution in [2.45, 2.75) is 13.8 Å². The Morgan fingerprint density at radius 1 is 1.37 bits per heavy atom. The van der Waals surface area contributed by atoms with Gasteiger partial charge in [0.15, 0.2) is 0 Å². The largest absolute Gasteiger partial charge is 0.354 e. The van der Waals surface area contributed by atoms with Gasteiger partial charge in [0, 0.05) is 22.8 Å². The van der Waals surface area contributed by atoms with Crippen LogP contribution in [0.25, 0.3) is 0 Å². The van der Waals surface area contributed by atoms with Crippen LogP contribution in [0, 0.1) is 6.92 Å². The normalized spacial score (nSPS) is 10.3. The van der Waals surface area contributed by atoms with Crippen molar-refractivity contribution < 1.29 is 0 Å². The van der Waals surface area contributed by atoms with Crippen molar-refractivity contribution in [3.63, 3.8) is 0 Å². The zero-order valence-corrected chi connectivity index (χ0v) is 13.0. The standard InChI is InChI=1S/C13H14BrClN4/c1-3-16-13-17-7-8(2)12(19-13)18-11-6-9(14)4-5-10(11)15/h4-7H,3H2,1-2H3,(H2,16,17,18,19). The second-order valence-corrected chi connectivity index (χ2v) is 5.33. The van der Waals surface area contributed by atoms with Gasteiger partial charge in [-0.15, -0.1) is 0 Å². The van der Waals surface area contributed by atoms with Crippen molar-refractivity contribution in [2.75, 3.05) is 17.2 Å². The van der Waals surface area contributed by atoms with Gasteiger partial charge in [-0.3, -0.25) is 0 Å². The maximum atomic E-state index is 6.16. The van der Waals surface area contributed by atoms with E-state index in [1.165, 1.54) is 0 Å². The summed E-state index contributed by atoms with van der Waals surface area (Å²) in [5, 5.41) is 6.95. The fourth-order valence-electron chi connectivity index (χ4n) is 1.53. The van der Waals surface area contributed by atoms with Gasteiger partial charge in [-0.05, 0) is 32.0 Å². The molecule has 6 heteroatoms. The number of aromatic nitrogens is 2. The summed E-state index contributed by atoms with van der Waals surface area (Å²) in [6.45, 7) is 4.73. The molecule has 0 aliphatic heterocycles. The van der Waals surface area contributed by atoms with E-state index >= 15 is 0 Å². The SMILES string of the molecule is CCNc1ncc(C)c(Nc2cc(Br)ccc2Cl)n1. The third kappa shape index (κ3) is 3.58. The van der Waals surface area contributed by atoms with Crippen LogP contribution in [0.4, 0.5) is 17.5 Å². The van der Waals surface area contributed by atoms with E-state index in [1.807, 2.05) is 32.0 Å². The molecule has 0 aliphatic carbocycles. The average molecular weight is 342 g/mol. The highest BCUT2D eigenvalue weighted by molar-refractivity contribution is 9.10. The summed E-state index contributed by atoms with van der Waals surface area (Å²) in [6.07, 6.45) is 1.78. The molecule has 1 aromatic heterocycles. The number of hydrogen-bond donors (Lipinski definition) is 2. The van der Waals surface area contributed by atoms with E-state index in [-0.39, 0.29) is 0 Å². The molecule has 2 N–H and O–H groups in total. The number of aryl methyl sites for hydroxylation is 1. The van der Waals surface area contributed by atoms with E-state index in [0.717, 1.165) is 28.1 Å². The Morgan fingerprint density at radius 2 is 2.16 bits per heavy atom. The molecule has 0 aliphatic rings. The maximum absolute atomic E-state index is 6.16. The highest BCUT2D eigenvalue weighted by atomic mass is 79.9. The van der Waals surface area contributed by atoms with E-state index in [2.05, 4.69) is 36.5 Å². The van der Waals surface area contributed by atoms with Gasteiger partial charge in [0.1, 0.15) is 5.82 Å². The average Bonchev–Trinajstić information content (AvgIpc) is 2.38. The molecule has 4 nitrogen and oxygen atoms in total. The van der Waals surface area contributed by atoms with Crippen molar-refractivity contribution in [3.05, 3.63) is 39.5 Å². The second-order valence-electron chi connectivity index (χ2n) is 4.00. The summed E-state index contributed by atoms with van der Waals surface area (Å²) in [4.78, 5) is 8.63. The molecule has 0 radical (unpaired) electrons. The third-order valence-corrected chi connectivity index (χ3v) is 3.31. The molecule has 0 atom stereocenters. The second kappa shape index (κ2) is 6.21. The molecule has 0 fully saturated rings. The first kappa shape index (κ1) is 14.1. The van der Waals surface area contributed by atoms with E-state index < -0.39 is 0 Å². The Balaban J connectivity index is 2.31. The highest BCUT2D eigenvalue weighted by Crippen LogP contribution is 2.29. The van der Waals surface area contributed by atoms with Gasteiger partial charge in [0.2, 0.25) is 5.95 Å². The third-order valence-electron chi connectivity index (χ3n) is 2.49. The summed E-state index contributed by atoms with van der Waals surface area (Å²) in [5.41, 5.74) is 1.76. The molecule has 0 saturated heterocycles. The zero-order chi connectivity index (χ0) is 13.8. The first-order valence-electron chi connectivity index (χ1n) is 5.89. The monoisotopic (exact) mass is 340 g/mol. The molecule has 0 amide bonds. The Kier molecular flexibility index (Phi) is 4.61. The minimum absolute atomic E-state index is 0.599. The van der Waals surface area contributed by atoms with Crippen LogP contribution in [0.1, 0.15) is 12.5 Å². The predicted molar refractivity (Wildman–Crippen MR) is 83.4 cm³/mol. The lowest BCUT2D eigenvalue weighted by Gasteiger charge is -2.11. The van der Waals surface area contributed by atoms with Crippen molar-refractivity contribution in [1.82, 2.24) is 9.97 Å². The number of benzene rings is 1. The van der Waals surface area contributed by atoms with Crippen molar-refractivity contribution in [1.29, 1.82) is 0 Å². The number of halogens is 2. The molecule has 2 rings (SSSR count). The van der Waals surface area contributed by atoms with Crippen LogP contribution >= 0.6 is 27.5 Å². The van der Waals surface area contributed by atoms with Crippen molar-refractivity contribution >= 4 is 45.0 Å². The van der Waals surface area contributed by atoms with Gasteiger partial charge in [-0.2, -0.15) is 4.98 Å². The van der Waals surface area contributed by atoms with Crippen LogP contribution in [0.3, 0.4) is 0 Å². The molecule has 2 aromatic rings. The summed E-state index contributed by atoms with van der Waals surface area (Å²) in [7, 11) is 0. The molecular formula is C13H14BrClN4. The number of anilines is 3. The summed E-state index contributed by atoms with van der Waals surface area (Å²) >= 11 is 9.58. The Hall–Kier alpha value is -1.33. The van der Waals surface area contributed by atoms with Crippen LogP contribution in [0.2, 0.25) is 5.02 Å². The topological polar surface area (TPSA) is 49.8 Å². The van der Waals surface area contributed by atoms with Crippen LogP contribution in [-0.2, 0) is 0 Å². The maximum Gasteiger partial charge on any atom is 0.224 e. The van der Waals surface area contributed by atoms with E-state index in [0.29, 0.717) is 11.0 Å². The molecule has 1 aromatic carbocycles. The smallest absolute Gasteiger partial charge is 0.224 e. The van der Waals surface area contributed by atoms with Crippen LogP contribution in [0.15, 0.2) is 28.9 Å². The Morgan fingerprint density at radius 3 is 2.89 bits per heavy atom. The lowest BCUT2D eigenvalue weighted by Crippen LogP contribution is -2.05. The Bertz CT molecular complexity index is 589. The van der Waals surface area contributed by atoms with Gasteiger partial charge in [0.05, 0.1) is 10.7 Å². The predicted octanol–water partition coefficient (Wildman–Crippen LogP) is 4.38. The molecule has 1 heterocycles. The molecule has 0 saturated carbocycles. The Labute approximate surface area is 125 Å². The number of rotatable bonds is 4.